The maximum Gasteiger partial charge on any atom is 0.321 e. The SMILES string of the molecule is CN(Cc1ccccc1F)C(=O)COC(=O)CNS(=O)(=O)/C=C/c1ccccc1. The Bertz CT molecular complexity index is 977. The van der Waals surface area contributed by atoms with Gasteiger partial charge in [0.25, 0.3) is 5.91 Å². The van der Waals surface area contributed by atoms with Gasteiger partial charge in [0.05, 0.1) is 0 Å². The average molecular weight is 420 g/mol. The highest BCUT2D eigenvalue weighted by atomic mass is 32.2. The third-order valence-electron chi connectivity index (χ3n) is 3.80. The van der Waals surface area contributed by atoms with Crippen LogP contribution in [0.15, 0.2) is 60.0 Å². The van der Waals surface area contributed by atoms with Gasteiger partial charge in [0.2, 0.25) is 10.0 Å². The Hall–Kier alpha value is -3.04. The Labute approximate surface area is 168 Å². The number of hydrogen-bond acceptors (Lipinski definition) is 5. The van der Waals surface area contributed by atoms with Crippen LogP contribution in [-0.4, -0.2) is 45.4 Å². The van der Waals surface area contributed by atoms with Crippen LogP contribution in [0.3, 0.4) is 0 Å². The van der Waals surface area contributed by atoms with E-state index in [4.69, 9.17) is 4.74 Å². The highest BCUT2D eigenvalue weighted by molar-refractivity contribution is 7.92. The molecule has 0 radical (unpaired) electrons. The van der Waals surface area contributed by atoms with Crippen LogP contribution in [0.1, 0.15) is 11.1 Å². The van der Waals surface area contributed by atoms with Crippen LogP contribution < -0.4 is 4.72 Å². The number of amides is 1. The van der Waals surface area contributed by atoms with Gasteiger partial charge in [-0.15, -0.1) is 0 Å². The van der Waals surface area contributed by atoms with Crippen LogP contribution in [0.2, 0.25) is 0 Å². The van der Waals surface area contributed by atoms with Crippen LogP contribution in [0.25, 0.3) is 6.08 Å². The first kappa shape index (κ1) is 22.3. The standard InChI is InChI=1S/C20H21FN2O5S/c1-23(14-17-9-5-6-10-18(17)21)19(24)15-28-20(25)13-22-29(26,27)12-11-16-7-3-2-4-8-16/h2-12,22H,13-15H2,1H3/b12-11+. The van der Waals surface area contributed by atoms with Gasteiger partial charge in [-0.1, -0.05) is 48.5 Å². The molecular formula is C20H21FN2O5S. The van der Waals surface area contributed by atoms with E-state index in [-0.39, 0.29) is 6.54 Å². The monoisotopic (exact) mass is 420 g/mol. The summed E-state index contributed by atoms with van der Waals surface area (Å²) in [4.78, 5) is 24.9. The van der Waals surface area contributed by atoms with Crippen molar-refractivity contribution in [2.75, 3.05) is 20.2 Å². The first-order valence-electron chi connectivity index (χ1n) is 8.62. The highest BCUT2D eigenvalue weighted by Crippen LogP contribution is 2.09. The quantitative estimate of drug-likeness (QED) is 0.626. The molecule has 0 aliphatic rings. The van der Waals surface area contributed by atoms with Gasteiger partial charge in [-0.2, -0.15) is 0 Å². The predicted molar refractivity (Wildman–Crippen MR) is 106 cm³/mol. The molecular weight excluding hydrogens is 399 g/mol. The fourth-order valence-electron chi connectivity index (χ4n) is 2.21. The Morgan fingerprint density at radius 2 is 1.76 bits per heavy atom. The number of esters is 1. The van der Waals surface area contributed by atoms with Crippen molar-refractivity contribution in [3.05, 3.63) is 76.9 Å². The van der Waals surface area contributed by atoms with Gasteiger partial charge >= 0.3 is 5.97 Å². The van der Waals surface area contributed by atoms with Crippen LogP contribution in [0, 0.1) is 5.82 Å². The van der Waals surface area contributed by atoms with E-state index in [2.05, 4.69) is 4.72 Å². The van der Waals surface area contributed by atoms with Crippen molar-refractivity contribution >= 4 is 28.0 Å². The number of benzene rings is 2. The molecule has 0 aliphatic carbocycles. The summed E-state index contributed by atoms with van der Waals surface area (Å²) in [6.45, 7) is -1.18. The zero-order valence-corrected chi connectivity index (χ0v) is 16.6. The number of carbonyl (C=O) groups is 2. The van der Waals surface area contributed by atoms with Crippen molar-refractivity contribution in [1.29, 1.82) is 0 Å². The lowest BCUT2D eigenvalue weighted by molar-refractivity contribution is -0.150. The fourth-order valence-corrected chi connectivity index (χ4v) is 2.97. The number of nitrogens with one attached hydrogen (secondary N) is 1. The lowest BCUT2D eigenvalue weighted by Crippen LogP contribution is -2.34. The van der Waals surface area contributed by atoms with Crippen molar-refractivity contribution in [3.8, 4) is 0 Å². The summed E-state index contributed by atoms with van der Waals surface area (Å²) in [7, 11) is -2.40. The Kier molecular flexibility index (Phi) is 8.05. The molecule has 0 aromatic heterocycles. The molecule has 0 saturated heterocycles. The molecule has 9 heteroatoms. The van der Waals surface area contributed by atoms with E-state index in [0.29, 0.717) is 11.1 Å². The zero-order chi connectivity index (χ0) is 21.3. The summed E-state index contributed by atoms with van der Waals surface area (Å²) >= 11 is 0. The Morgan fingerprint density at radius 3 is 2.45 bits per heavy atom. The predicted octanol–water partition coefficient (Wildman–Crippen LogP) is 1.92. The number of ether oxygens (including phenoxy) is 1. The average Bonchev–Trinajstić information content (AvgIpc) is 2.71. The molecule has 0 heterocycles. The first-order valence-corrected chi connectivity index (χ1v) is 10.2. The molecule has 1 amide bonds. The number of halogens is 1. The molecule has 0 atom stereocenters. The molecule has 0 unspecified atom stereocenters. The molecule has 0 aliphatic heterocycles. The summed E-state index contributed by atoms with van der Waals surface area (Å²) < 4.78 is 44.2. The second-order valence-electron chi connectivity index (χ2n) is 6.08. The maximum atomic E-state index is 13.6. The molecule has 0 saturated carbocycles. The smallest absolute Gasteiger partial charge is 0.321 e. The molecule has 154 valence electrons. The van der Waals surface area contributed by atoms with E-state index in [0.717, 1.165) is 5.41 Å². The molecule has 2 rings (SSSR count). The summed E-state index contributed by atoms with van der Waals surface area (Å²) in [6.07, 6.45) is 1.38. The van der Waals surface area contributed by atoms with Crippen LogP contribution in [-0.2, 0) is 30.9 Å². The van der Waals surface area contributed by atoms with E-state index in [1.54, 1.807) is 48.5 Å². The second-order valence-corrected chi connectivity index (χ2v) is 7.73. The van der Waals surface area contributed by atoms with Crippen LogP contribution in [0.4, 0.5) is 4.39 Å². The van der Waals surface area contributed by atoms with Gasteiger partial charge in [0, 0.05) is 24.6 Å². The lowest BCUT2D eigenvalue weighted by Gasteiger charge is -2.17. The van der Waals surface area contributed by atoms with Crippen molar-refractivity contribution in [3.63, 3.8) is 0 Å². The number of sulfonamides is 1. The Balaban J connectivity index is 1.76. The van der Waals surface area contributed by atoms with Crippen LogP contribution >= 0.6 is 0 Å². The topological polar surface area (TPSA) is 92.8 Å². The number of rotatable bonds is 9. The lowest BCUT2D eigenvalue weighted by atomic mass is 10.2. The minimum atomic E-state index is -3.84. The zero-order valence-electron chi connectivity index (χ0n) is 15.7. The van der Waals surface area contributed by atoms with Crippen LogP contribution in [0.5, 0.6) is 0 Å². The molecule has 29 heavy (non-hydrogen) atoms. The van der Waals surface area contributed by atoms with Gasteiger partial charge in [0.1, 0.15) is 12.4 Å². The summed E-state index contributed by atoms with van der Waals surface area (Å²) in [5, 5.41) is 0.933. The largest absolute Gasteiger partial charge is 0.455 e. The van der Waals surface area contributed by atoms with E-state index < -0.39 is 40.9 Å². The number of likely N-dealkylation sites (N-methyl/N-ethyl adjacent to an activating group) is 1. The van der Waals surface area contributed by atoms with Crippen molar-refractivity contribution in [2.45, 2.75) is 6.54 Å². The van der Waals surface area contributed by atoms with Gasteiger partial charge in [-0.25, -0.2) is 17.5 Å². The fraction of sp³-hybridized carbons (Fsp3) is 0.200. The Morgan fingerprint density at radius 1 is 1.10 bits per heavy atom. The highest BCUT2D eigenvalue weighted by Gasteiger charge is 2.15. The van der Waals surface area contributed by atoms with Crippen molar-refractivity contribution < 1.29 is 27.1 Å². The number of carbonyl (C=O) groups excluding carboxylic acids is 2. The number of hydrogen-bond donors (Lipinski definition) is 1. The summed E-state index contributed by atoms with van der Waals surface area (Å²) in [5.74, 6) is -1.90. The molecule has 2 aromatic rings. The van der Waals surface area contributed by atoms with E-state index in [9.17, 15) is 22.4 Å². The molecule has 2 aromatic carbocycles. The van der Waals surface area contributed by atoms with Gasteiger partial charge < -0.3 is 9.64 Å². The van der Waals surface area contributed by atoms with E-state index in [1.807, 2.05) is 0 Å². The molecule has 1 N–H and O–H groups in total. The van der Waals surface area contributed by atoms with E-state index >= 15 is 0 Å². The third kappa shape index (κ3) is 7.84. The van der Waals surface area contributed by atoms with Gasteiger partial charge in [-0.05, 0) is 17.7 Å². The minimum Gasteiger partial charge on any atom is -0.455 e. The van der Waals surface area contributed by atoms with E-state index in [1.165, 1.54) is 24.1 Å². The summed E-state index contributed by atoms with van der Waals surface area (Å²) in [5.41, 5.74) is 1.01. The minimum absolute atomic E-state index is 0.0139. The normalized spacial score (nSPS) is 11.4. The third-order valence-corrected chi connectivity index (χ3v) is 4.85. The second kappa shape index (κ2) is 10.5. The van der Waals surface area contributed by atoms with Crippen molar-refractivity contribution in [1.82, 2.24) is 9.62 Å². The molecule has 0 spiro atoms. The van der Waals surface area contributed by atoms with Gasteiger partial charge in [0.15, 0.2) is 6.61 Å². The molecule has 0 bridgehead atoms. The molecule has 0 fully saturated rings. The first-order chi connectivity index (χ1) is 13.8. The summed E-state index contributed by atoms with van der Waals surface area (Å²) in [6, 6.07) is 14.8. The van der Waals surface area contributed by atoms with Gasteiger partial charge in [-0.3, -0.25) is 9.59 Å². The van der Waals surface area contributed by atoms with Crippen molar-refractivity contribution in [2.24, 2.45) is 0 Å². The number of nitrogens with zero attached hydrogens (tertiary/aromatic N) is 1. The maximum absolute atomic E-state index is 13.6. The molecule has 7 nitrogen and oxygen atoms in total.